The fourth-order valence-corrected chi connectivity index (χ4v) is 2.19. The van der Waals surface area contributed by atoms with Crippen molar-refractivity contribution >= 4 is 29.9 Å². The summed E-state index contributed by atoms with van der Waals surface area (Å²) in [5.74, 6) is 0.312. The number of para-hydroxylation sites is 2. The third-order valence-electron chi connectivity index (χ3n) is 3.48. The van der Waals surface area contributed by atoms with E-state index >= 15 is 0 Å². The summed E-state index contributed by atoms with van der Waals surface area (Å²) in [4.78, 5) is 25.6. The lowest BCUT2D eigenvalue weighted by molar-refractivity contribution is -0.137. The van der Waals surface area contributed by atoms with Crippen LogP contribution < -0.4 is 15.4 Å². The molecule has 0 spiro atoms. The van der Waals surface area contributed by atoms with E-state index in [0.717, 1.165) is 0 Å². The zero-order chi connectivity index (χ0) is 16.5. The van der Waals surface area contributed by atoms with Crippen LogP contribution in [0.2, 0.25) is 0 Å². The SMILES string of the molecule is CNCCC(=O)Nc1ccccc1OCC(=O)N1CCOCC1.Cl. The molecule has 134 valence electrons. The lowest BCUT2D eigenvalue weighted by Gasteiger charge is -2.26. The molecule has 0 radical (unpaired) electrons. The number of anilines is 1. The molecule has 1 aromatic rings. The quantitative estimate of drug-likeness (QED) is 0.757. The number of halogens is 1. The summed E-state index contributed by atoms with van der Waals surface area (Å²) < 4.78 is 10.8. The van der Waals surface area contributed by atoms with E-state index in [4.69, 9.17) is 9.47 Å². The molecule has 0 atom stereocenters. The van der Waals surface area contributed by atoms with Crippen molar-refractivity contribution < 1.29 is 19.1 Å². The third kappa shape index (κ3) is 6.35. The van der Waals surface area contributed by atoms with Crippen LogP contribution in [0.4, 0.5) is 5.69 Å². The summed E-state index contributed by atoms with van der Waals surface area (Å²) in [6, 6.07) is 7.11. The van der Waals surface area contributed by atoms with Crippen LogP contribution in [0.25, 0.3) is 0 Å². The average molecular weight is 358 g/mol. The van der Waals surface area contributed by atoms with Crippen molar-refractivity contribution in [1.29, 1.82) is 0 Å². The van der Waals surface area contributed by atoms with Crippen LogP contribution in [-0.2, 0) is 14.3 Å². The molecule has 2 N–H and O–H groups in total. The van der Waals surface area contributed by atoms with Crippen molar-refractivity contribution in [3.05, 3.63) is 24.3 Å². The number of morpholine rings is 1. The summed E-state index contributed by atoms with van der Waals surface area (Å²) >= 11 is 0. The molecule has 0 aromatic heterocycles. The molecular formula is C16H24ClN3O4. The van der Waals surface area contributed by atoms with Crippen LogP contribution in [0.1, 0.15) is 6.42 Å². The number of hydrogen-bond acceptors (Lipinski definition) is 5. The second-order valence-electron chi connectivity index (χ2n) is 5.18. The largest absolute Gasteiger partial charge is 0.482 e. The van der Waals surface area contributed by atoms with E-state index in [-0.39, 0.29) is 30.8 Å². The van der Waals surface area contributed by atoms with E-state index in [0.29, 0.717) is 50.7 Å². The Morgan fingerprint density at radius 3 is 2.67 bits per heavy atom. The molecule has 24 heavy (non-hydrogen) atoms. The summed E-state index contributed by atoms with van der Waals surface area (Å²) in [7, 11) is 1.79. The Morgan fingerprint density at radius 2 is 1.96 bits per heavy atom. The van der Waals surface area contributed by atoms with Gasteiger partial charge in [0.25, 0.3) is 5.91 Å². The van der Waals surface area contributed by atoms with Crippen molar-refractivity contribution in [3.63, 3.8) is 0 Å². The first kappa shape index (κ1) is 20.2. The molecule has 1 aliphatic heterocycles. The molecule has 0 bridgehead atoms. The Morgan fingerprint density at radius 1 is 1.25 bits per heavy atom. The Kier molecular flexibility index (Phi) is 9.14. The number of benzene rings is 1. The Hall–Kier alpha value is -1.83. The highest BCUT2D eigenvalue weighted by Gasteiger charge is 2.17. The highest BCUT2D eigenvalue weighted by atomic mass is 35.5. The normalized spacial score (nSPS) is 13.8. The first-order valence-electron chi connectivity index (χ1n) is 7.72. The molecule has 0 aliphatic carbocycles. The molecule has 0 saturated carbocycles. The van der Waals surface area contributed by atoms with Crippen molar-refractivity contribution in [2.45, 2.75) is 6.42 Å². The predicted octanol–water partition coefficient (Wildman–Crippen LogP) is 0.894. The molecule has 1 heterocycles. The van der Waals surface area contributed by atoms with Gasteiger partial charge in [-0.1, -0.05) is 12.1 Å². The maximum atomic E-state index is 12.1. The first-order chi connectivity index (χ1) is 11.2. The minimum Gasteiger partial charge on any atom is -0.482 e. The van der Waals surface area contributed by atoms with E-state index in [9.17, 15) is 9.59 Å². The molecule has 1 aromatic carbocycles. The Balaban J connectivity index is 0.00000288. The second kappa shape index (κ2) is 10.9. The van der Waals surface area contributed by atoms with Gasteiger partial charge < -0.3 is 25.0 Å². The number of hydrogen-bond donors (Lipinski definition) is 2. The van der Waals surface area contributed by atoms with Crippen LogP contribution in [0.15, 0.2) is 24.3 Å². The van der Waals surface area contributed by atoms with Gasteiger partial charge in [-0.05, 0) is 19.2 Å². The van der Waals surface area contributed by atoms with E-state index in [1.165, 1.54) is 0 Å². The third-order valence-corrected chi connectivity index (χ3v) is 3.48. The highest BCUT2D eigenvalue weighted by Crippen LogP contribution is 2.23. The van der Waals surface area contributed by atoms with Crippen LogP contribution >= 0.6 is 12.4 Å². The van der Waals surface area contributed by atoms with Gasteiger partial charge in [0.1, 0.15) is 5.75 Å². The van der Waals surface area contributed by atoms with E-state index in [1.54, 1.807) is 30.1 Å². The monoisotopic (exact) mass is 357 g/mol. The smallest absolute Gasteiger partial charge is 0.260 e. The minimum absolute atomic E-state index is 0. The number of amides is 2. The van der Waals surface area contributed by atoms with Crippen molar-refractivity contribution in [1.82, 2.24) is 10.2 Å². The molecule has 7 nitrogen and oxygen atoms in total. The molecule has 1 fully saturated rings. The van der Waals surface area contributed by atoms with Crippen LogP contribution in [0.5, 0.6) is 5.75 Å². The van der Waals surface area contributed by atoms with Gasteiger partial charge in [0, 0.05) is 26.1 Å². The van der Waals surface area contributed by atoms with E-state index in [2.05, 4.69) is 10.6 Å². The Bertz CT molecular complexity index is 536. The highest BCUT2D eigenvalue weighted by molar-refractivity contribution is 5.92. The average Bonchev–Trinajstić information content (AvgIpc) is 2.59. The number of ether oxygens (including phenoxy) is 2. The molecule has 1 saturated heterocycles. The zero-order valence-corrected chi connectivity index (χ0v) is 14.6. The lowest BCUT2D eigenvalue weighted by Crippen LogP contribution is -2.43. The Labute approximate surface area is 148 Å². The fraction of sp³-hybridized carbons (Fsp3) is 0.500. The van der Waals surface area contributed by atoms with E-state index in [1.807, 2.05) is 6.07 Å². The van der Waals surface area contributed by atoms with Crippen molar-refractivity contribution in [2.24, 2.45) is 0 Å². The molecular weight excluding hydrogens is 334 g/mol. The summed E-state index contributed by atoms with van der Waals surface area (Å²) in [5.41, 5.74) is 0.573. The number of nitrogens with one attached hydrogen (secondary N) is 2. The summed E-state index contributed by atoms with van der Waals surface area (Å²) in [5, 5.41) is 5.72. The molecule has 1 aliphatic rings. The van der Waals surface area contributed by atoms with Crippen LogP contribution in [0, 0.1) is 0 Å². The van der Waals surface area contributed by atoms with Gasteiger partial charge in [0.05, 0.1) is 18.9 Å². The van der Waals surface area contributed by atoms with Gasteiger partial charge in [0.2, 0.25) is 5.91 Å². The van der Waals surface area contributed by atoms with E-state index < -0.39 is 0 Å². The van der Waals surface area contributed by atoms with Gasteiger partial charge in [-0.3, -0.25) is 9.59 Å². The number of rotatable bonds is 7. The number of carbonyl (C=O) groups excluding carboxylic acids is 2. The van der Waals surface area contributed by atoms with Gasteiger partial charge in [0.15, 0.2) is 6.61 Å². The molecule has 2 rings (SSSR count). The first-order valence-corrected chi connectivity index (χ1v) is 7.72. The molecule has 2 amide bonds. The summed E-state index contributed by atoms with van der Waals surface area (Å²) in [6.45, 7) is 2.84. The van der Waals surface area contributed by atoms with Crippen molar-refractivity contribution in [2.75, 3.05) is 51.8 Å². The maximum Gasteiger partial charge on any atom is 0.260 e. The number of carbonyl (C=O) groups is 2. The zero-order valence-electron chi connectivity index (χ0n) is 13.7. The van der Waals surface area contributed by atoms with Gasteiger partial charge in [-0.2, -0.15) is 0 Å². The predicted molar refractivity (Wildman–Crippen MR) is 93.8 cm³/mol. The topological polar surface area (TPSA) is 79.9 Å². The van der Waals surface area contributed by atoms with Gasteiger partial charge in [-0.25, -0.2) is 0 Å². The minimum atomic E-state index is -0.102. The van der Waals surface area contributed by atoms with Crippen LogP contribution in [-0.4, -0.2) is 63.2 Å². The van der Waals surface area contributed by atoms with Gasteiger partial charge in [-0.15, -0.1) is 12.4 Å². The second-order valence-corrected chi connectivity index (χ2v) is 5.18. The number of nitrogens with zero attached hydrogens (tertiary/aromatic N) is 1. The standard InChI is InChI=1S/C16H23N3O4.ClH/c1-17-7-6-15(20)18-13-4-2-3-5-14(13)23-12-16(21)19-8-10-22-11-9-19;/h2-5,17H,6-12H2,1H3,(H,18,20);1H. The fourth-order valence-electron chi connectivity index (χ4n) is 2.19. The van der Waals surface area contributed by atoms with Crippen molar-refractivity contribution in [3.8, 4) is 5.75 Å². The lowest BCUT2D eigenvalue weighted by atomic mass is 10.2. The summed E-state index contributed by atoms with van der Waals surface area (Å²) in [6.07, 6.45) is 0.373. The van der Waals surface area contributed by atoms with Crippen LogP contribution in [0.3, 0.4) is 0 Å². The molecule has 0 unspecified atom stereocenters. The van der Waals surface area contributed by atoms with Gasteiger partial charge >= 0.3 is 0 Å². The maximum absolute atomic E-state index is 12.1. The molecule has 8 heteroatoms.